The summed E-state index contributed by atoms with van der Waals surface area (Å²) in [6.07, 6.45) is 0. The molecule has 0 saturated carbocycles. The van der Waals surface area contributed by atoms with Gasteiger partial charge in [0.05, 0.1) is 12.8 Å². The second-order valence-electron chi connectivity index (χ2n) is 6.86. The third-order valence-corrected chi connectivity index (χ3v) is 4.82. The first-order valence-corrected chi connectivity index (χ1v) is 9.37. The van der Waals surface area contributed by atoms with Gasteiger partial charge in [-0.25, -0.2) is 4.98 Å². The zero-order chi connectivity index (χ0) is 21.0. The Morgan fingerprint density at radius 1 is 1.00 bits per heavy atom. The molecule has 0 aliphatic carbocycles. The molecule has 2 aromatic rings. The summed E-state index contributed by atoms with van der Waals surface area (Å²) in [5, 5.41) is 2.79. The molecule has 3 amide bonds. The van der Waals surface area contributed by atoms with Crippen LogP contribution in [0.1, 0.15) is 33.5 Å². The van der Waals surface area contributed by atoms with Crippen molar-refractivity contribution < 1.29 is 19.1 Å². The van der Waals surface area contributed by atoms with Crippen LogP contribution >= 0.6 is 0 Å². The van der Waals surface area contributed by atoms with Gasteiger partial charge in [0, 0.05) is 33.1 Å². The van der Waals surface area contributed by atoms with E-state index in [1.54, 1.807) is 40.1 Å². The number of pyridine rings is 1. The molecule has 0 bridgehead atoms. The normalized spacial score (nSPS) is 13.8. The van der Waals surface area contributed by atoms with Crippen molar-refractivity contribution in [1.82, 2.24) is 14.8 Å². The molecule has 0 radical (unpaired) electrons. The van der Waals surface area contributed by atoms with Gasteiger partial charge in [0.25, 0.3) is 11.8 Å². The lowest BCUT2D eigenvalue weighted by Crippen LogP contribution is -2.50. The Bertz CT molecular complexity index is 936. The van der Waals surface area contributed by atoms with Crippen LogP contribution < -0.4 is 10.1 Å². The van der Waals surface area contributed by atoms with Crippen LogP contribution in [0.3, 0.4) is 0 Å². The maximum Gasteiger partial charge on any atom is 0.274 e. The fourth-order valence-electron chi connectivity index (χ4n) is 3.17. The van der Waals surface area contributed by atoms with E-state index in [1.165, 1.54) is 14.0 Å². The predicted molar refractivity (Wildman–Crippen MR) is 108 cm³/mol. The summed E-state index contributed by atoms with van der Waals surface area (Å²) >= 11 is 0. The number of benzene rings is 1. The lowest BCUT2D eigenvalue weighted by Gasteiger charge is -2.34. The summed E-state index contributed by atoms with van der Waals surface area (Å²) in [7, 11) is 1.53. The van der Waals surface area contributed by atoms with Crippen molar-refractivity contribution in [2.24, 2.45) is 0 Å². The summed E-state index contributed by atoms with van der Waals surface area (Å²) in [6, 6.07) is 10.2. The Morgan fingerprint density at radius 2 is 1.66 bits per heavy atom. The molecule has 29 heavy (non-hydrogen) atoms. The van der Waals surface area contributed by atoms with Crippen LogP contribution in [0.4, 0.5) is 5.69 Å². The van der Waals surface area contributed by atoms with Crippen LogP contribution in [0.5, 0.6) is 5.75 Å². The van der Waals surface area contributed by atoms with Crippen molar-refractivity contribution in [2.45, 2.75) is 13.8 Å². The largest absolute Gasteiger partial charge is 0.495 e. The first kappa shape index (κ1) is 20.3. The third kappa shape index (κ3) is 4.71. The Morgan fingerprint density at radius 3 is 2.31 bits per heavy atom. The Kier molecular flexibility index (Phi) is 6.11. The number of carbonyl (C=O) groups excluding carboxylic acids is 3. The van der Waals surface area contributed by atoms with Crippen molar-refractivity contribution in [3.63, 3.8) is 0 Å². The summed E-state index contributed by atoms with van der Waals surface area (Å²) in [5.74, 6) is -0.138. The van der Waals surface area contributed by atoms with Crippen molar-refractivity contribution >= 4 is 23.4 Å². The van der Waals surface area contributed by atoms with E-state index in [0.29, 0.717) is 37.6 Å². The lowest BCUT2D eigenvalue weighted by atomic mass is 10.2. The van der Waals surface area contributed by atoms with E-state index >= 15 is 0 Å². The molecule has 0 unspecified atom stereocenters. The number of aromatic nitrogens is 1. The second-order valence-corrected chi connectivity index (χ2v) is 6.86. The van der Waals surface area contributed by atoms with Crippen molar-refractivity contribution in [3.8, 4) is 5.75 Å². The highest BCUT2D eigenvalue weighted by Gasteiger charge is 2.24. The van der Waals surface area contributed by atoms with E-state index in [1.807, 2.05) is 13.0 Å². The SMILES string of the molecule is COc1ccc(C)cc1NC(=O)c1cccc(C(=O)N2CCN(C(C)=O)CC2)n1. The molecule has 3 rings (SSSR count). The number of amides is 3. The maximum atomic E-state index is 12.8. The van der Waals surface area contributed by atoms with Gasteiger partial charge in [-0.1, -0.05) is 12.1 Å². The number of nitrogens with one attached hydrogen (secondary N) is 1. The highest BCUT2D eigenvalue weighted by molar-refractivity contribution is 6.04. The predicted octanol–water partition coefficient (Wildman–Crippen LogP) is 1.96. The highest BCUT2D eigenvalue weighted by atomic mass is 16.5. The maximum absolute atomic E-state index is 12.8. The van der Waals surface area contributed by atoms with Crippen molar-refractivity contribution in [1.29, 1.82) is 0 Å². The number of aryl methyl sites for hydroxylation is 1. The van der Waals surface area contributed by atoms with E-state index < -0.39 is 5.91 Å². The standard InChI is InChI=1S/C21H24N4O4/c1-14-7-8-19(29-3)18(13-14)23-20(27)16-5-4-6-17(22-16)21(28)25-11-9-24(10-12-25)15(2)26/h4-8,13H,9-12H2,1-3H3,(H,23,27). The van der Waals surface area contributed by atoms with Crippen LogP contribution in [0.2, 0.25) is 0 Å². The van der Waals surface area contributed by atoms with E-state index in [-0.39, 0.29) is 23.2 Å². The van der Waals surface area contributed by atoms with E-state index in [4.69, 9.17) is 4.74 Å². The first-order chi connectivity index (χ1) is 13.9. The number of hydrogen-bond acceptors (Lipinski definition) is 5. The number of nitrogens with zero attached hydrogens (tertiary/aromatic N) is 3. The zero-order valence-electron chi connectivity index (χ0n) is 16.8. The number of rotatable bonds is 4. The van der Waals surface area contributed by atoms with Gasteiger partial charge in [0.15, 0.2) is 0 Å². The molecule has 1 aliphatic heterocycles. The molecule has 8 heteroatoms. The Balaban J connectivity index is 1.72. The average molecular weight is 396 g/mol. The molecule has 0 atom stereocenters. The molecule has 1 saturated heterocycles. The van der Waals surface area contributed by atoms with Crippen LogP contribution in [0.15, 0.2) is 36.4 Å². The van der Waals surface area contributed by atoms with Crippen LogP contribution in [0, 0.1) is 6.92 Å². The lowest BCUT2D eigenvalue weighted by molar-refractivity contribution is -0.130. The van der Waals surface area contributed by atoms with Gasteiger partial charge < -0.3 is 19.9 Å². The molecule has 1 aliphatic rings. The minimum atomic E-state index is -0.426. The van der Waals surface area contributed by atoms with Gasteiger partial charge in [0.1, 0.15) is 17.1 Å². The molecule has 0 spiro atoms. The second kappa shape index (κ2) is 8.72. The fraction of sp³-hybridized carbons (Fsp3) is 0.333. The summed E-state index contributed by atoms with van der Waals surface area (Å²) in [4.78, 5) is 44.5. The van der Waals surface area contributed by atoms with Crippen LogP contribution in [-0.2, 0) is 4.79 Å². The topological polar surface area (TPSA) is 91.8 Å². The zero-order valence-corrected chi connectivity index (χ0v) is 16.8. The third-order valence-electron chi connectivity index (χ3n) is 4.82. The molecule has 1 aromatic carbocycles. The molecular weight excluding hydrogens is 372 g/mol. The summed E-state index contributed by atoms with van der Waals surface area (Å²) in [5.41, 5.74) is 1.85. The van der Waals surface area contributed by atoms with Gasteiger partial charge in [-0.05, 0) is 36.8 Å². The van der Waals surface area contributed by atoms with Crippen molar-refractivity contribution in [3.05, 3.63) is 53.3 Å². The van der Waals surface area contributed by atoms with Gasteiger partial charge in [-0.15, -0.1) is 0 Å². The van der Waals surface area contributed by atoms with Gasteiger partial charge in [-0.2, -0.15) is 0 Å². The monoisotopic (exact) mass is 396 g/mol. The van der Waals surface area contributed by atoms with E-state index in [2.05, 4.69) is 10.3 Å². The Labute approximate surface area is 169 Å². The first-order valence-electron chi connectivity index (χ1n) is 9.37. The van der Waals surface area contributed by atoms with Gasteiger partial charge >= 0.3 is 0 Å². The molecule has 1 fully saturated rings. The number of carbonyl (C=O) groups is 3. The summed E-state index contributed by atoms with van der Waals surface area (Å²) in [6.45, 7) is 5.31. The number of piperazine rings is 1. The molecule has 1 N–H and O–H groups in total. The Hall–Kier alpha value is -3.42. The summed E-state index contributed by atoms with van der Waals surface area (Å²) < 4.78 is 5.28. The number of methoxy groups -OCH3 is 1. The average Bonchev–Trinajstić information content (AvgIpc) is 2.73. The molecule has 1 aromatic heterocycles. The van der Waals surface area contributed by atoms with Gasteiger partial charge in [0.2, 0.25) is 5.91 Å². The minimum Gasteiger partial charge on any atom is -0.495 e. The fourth-order valence-corrected chi connectivity index (χ4v) is 3.17. The molecule has 152 valence electrons. The van der Waals surface area contributed by atoms with E-state index in [9.17, 15) is 14.4 Å². The highest BCUT2D eigenvalue weighted by Crippen LogP contribution is 2.25. The van der Waals surface area contributed by atoms with Gasteiger partial charge in [-0.3, -0.25) is 14.4 Å². The molecule has 2 heterocycles. The van der Waals surface area contributed by atoms with Crippen LogP contribution in [-0.4, -0.2) is 65.8 Å². The molecule has 8 nitrogen and oxygen atoms in total. The molecular formula is C21H24N4O4. The number of hydrogen-bond donors (Lipinski definition) is 1. The number of ether oxygens (including phenoxy) is 1. The quantitative estimate of drug-likeness (QED) is 0.853. The van der Waals surface area contributed by atoms with Crippen molar-refractivity contribution in [2.75, 3.05) is 38.6 Å². The minimum absolute atomic E-state index is 0.000434. The number of anilines is 1. The van der Waals surface area contributed by atoms with E-state index in [0.717, 1.165) is 5.56 Å². The smallest absolute Gasteiger partial charge is 0.274 e. The van der Waals surface area contributed by atoms with Crippen LogP contribution in [0.25, 0.3) is 0 Å².